The summed E-state index contributed by atoms with van der Waals surface area (Å²) < 4.78 is 0. The molecule has 0 saturated heterocycles. The highest BCUT2D eigenvalue weighted by atomic mass is 16.4. The fourth-order valence-corrected chi connectivity index (χ4v) is 3.09. The summed E-state index contributed by atoms with van der Waals surface area (Å²) in [4.78, 5) is 12.2. The van der Waals surface area contributed by atoms with E-state index in [-0.39, 0.29) is 11.7 Å². The zero-order valence-corrected chi connectivity index (χ0v) is 13.4. The van der Waals surface area contributed by atoms with Crippen LogP contribution in [-0.4, -0.2) is 22.5 Å². The van der Waals surface area contributed by atoms with Crippen molar-refractivity contribution in [2.75, 3.05) is 0 Å². The summed E-state index contributed by atoms with van der Waals surface area (Å²) in [7, 11) is 0. The Morgan fingerprint density at radius 3 is 2.33 bits per heavy atom. The van der Waals surface area contributed by atoms with Crippen molar-refractivity contribution >= 4 is 11.7 Å². The molecule has 0 aromatic heterocycles. The van der Waals surface area contributed by atoms with Crippen LogP contribution in [0.1, 0.15) is 84.0 Å². The van der Waals surface area contributed by atoms with Crippen molar-refractivity contribution in [1.29, 1.82) is 0 Å². The summed E-state index contributed by atoms with van der Waals surface area (Å²) in [6.45, 7) is 2.15. The Balaban J connectivity index is 2.61. The van der Waals surface area contributed by atoms with Crippen molar-refractivity contribution < 1.29 is 10.0 Å². The molecule has 0 atom stereocenters. The highest BCUT2D eigenvalue weighted by Gasteiger charge is 2.36. The first kappa shape index (κ1) is 17.8. The maximum absolute atomic E-state index is 12.2. The number of nitrogens with zero attached hydrogens (tertiary/aromatic N) is 1. The summed E-state index contributed by atoms with van der Waals surface area (Å²) in [6.07, 6.45) is 11.9. The first-order valence-corrected chi connectivity index (χ1v) is 8.43. The van der Waals surface area contributed by atoms with Crippen LogP contribution in [0.15, 0.2) is 5.16 Å². The van der Waals surface area contributed by atoms with Gasteiger partial charge in [-0.3, -0.25) is 4.79 Å². The second kappa shape index (κ2) is 9.64. The highest BCUT2D eigenvalue weighted by molar-refractivity contribution is 5.93. The molecule has 1 aliphatic carbocycles. The largest absolute Gasteiger partial charge is 0.409 e. The number of carbonyl (C=O) groups excluding carboxylic acids is 1. The van der Waals surface area contributed by atoms with Crippen molar-refractivity contribution in [3.05, 3.63) is 0 Å². The van der Waals surface area contributed by atoms with E-state index >= 15 is 0 Å². The van der Waals surface area contributed by atoms with Gasteiger partial charge in [0.15, 0.2) is 5.84 Å². The highest BCUT2D eigenvalue weighted by Crippen LogP contribution is 2.27. The molecule has 0 unspecified atom stereocenters. The van der Waals surface area contributed by atoms with Crippen molar-refractivity contribution in [2.45, 2.75) is 89.5 Å². The van der Waals surface area contributed by atoms with Crippen LogP contribution in [0.4, 0.5) is 0 Å². The van der Waals surface area contributed by atoms with Crippen molar-refractivity contribution in [3.63, 3.8) is 0 Å². The normalized spacial score (nSPS) is 19.6. The zero-order chi connectivity index (χ0) is 15.6. The van der Waals surface area contributed by atoms with Crippen molar-refractivity contribution in [2.24, 2.45) is 10.9 Å². The Labute approximate surface area is 128 Å². The molecule has 0 bridgehead atoms. The smallest absolute Gasteiger partial charge is 0.220 e. The molecule has 1 fully saturated rings. The SMILES string of the molecule is CCCCCCC(=O)NC1(C(N)=NO)CCCCCCC1. The molecule has 122 valence electrons. The summed E-state index contributed by atoms with van der Waals surface area (Å²) in [5.74, 6) is 0.185. The quantitative estimate of drug-likeness (QED) is 0.221. The van der Waals surface area contributed by atoms with Gasteiger partial charge in [-0.2, -0.15) is 0 Å². The van der Waals surface area contributed by atoms with E-state index in [9.17, 15) is 4.79 Å². The van der Waals surface area contributed by atoms with Crippen LogP contribution >= 0.6 is 0 Å². The molecule has 0 radical (unpaired) electrons. The van der Waals surface area contributed by atoms with Crippen molar-refractivity contribution in [1.82, 2.24) is 5.32 Å². The third kappa shape index (κ3) is 5.94. The van der Waals surface area contributed by atoms with Gasteiger partial charge in [-0.1, -0.05) is 63.4 Å². The predicted octanol–water partition coefficient (Wildman–Crippen LogP) is 3.30. The van der Waals surface area contributed by atoms with Crippen LogP contribution in [0.3, 0.4) is 0 Å². The average Bonchev–Trinajstić information content (AvgIpc) is 2.46. The van der Waals surface area contributed by atoms with E-state index in [0.717, 1.165) is 57.8 Å². The third-order valence-electron chi connectivity index (χ3n) is 4.44. The molecule has 0 spiro atoms. The molecule has 1 saturated carbocycles. The zero-order valence-electron chi connectivity index (χ0n) is 13.4. The van der Waals surface area contributed by atoms with Gasteiger partial charge in [-0.05, 0) is 19.3 Å². The Morgan fingerprint density at radius 2 is 1.76 bits per heavy atom. The monoisotopic (exact) mass is 297 g/mol. The van der Waals surface area contributed by atoms with E-state index in [2.05, 4.69) is 17.4 Å². The topological polar surface area (TPSA) is 87.7 Å². The molecule has 1 rings (SSSR count). The number of hydrogen-bond acceptors (Lipinski definition) is 3. The van der Waals surface area contributed by atoms with Crippen LogP contribution in [0.2, 0.25) is 0 Å². The summed E-state index contributed by atoms with van der Waals surface area (Å²) in [5, 5.41) is 15.4. The number of nitrogens with two attached hydrogens (primary N) is 1. The first-order valence-electron chi connectivity index (χ1n) is 8.43. The maximum atomic E-state index is 12.2. The Morgan fingerprint density at radius 1 is 1.14 bits per heavy atom. The van der Waals surface area contributed by atoms with Gasteiger partial charge < -0.3 is 16.3 Å². The minimum atomic E-state index is -0.642. The molecule has 21 heavy (non-hydrogen) atoms. The second-order valence-electron chi connectivity index (χ2n) is 6.19. The van der Waals surface area contributed by atoms with Gasteiger partial charge in [0.1, 0.15) is 5.54 Å². The minimum absolute atomic E-state index is 0.0262. The van der Waals surface area contributed by atoms with Crippen LogP contribution < -0.4 is 11.1 Å². The van der Waals surface area contributed by atoms with Gasteiger partial charge in [0.2, 0.25) is 5.91 Å². The molecular formula is C16H31N3O2. The van der Waals surface area contributed by atoms with E-state index in [1.807, 2.05) is 0 Å². The van der Waals surface area contributed by atoms with E-state index in [1.54, 1.807) is 0 Å². The summed E-state index contributed by atoms with van der Waals surface area (Å²) in [6, 6.07) is 0. The van der Waals surface area contributed by atoms with E-state index in [1.165, 1.54) is 12.8 Å². The molecule has 0 aliphatic heterocycles. The fourth-order valence-electron chi connectivity index (χ4n) is 3.09. The average molecular weight is 297 g/mol. The molecule has 5 nitrogen and oxygen atoms in total. The van der Waals surface area contributed by atoms with Gasteiger partial charge in [0.25, 0.3) is 0 Å². The van der Waals surface area contributed by atoms with Crippen LogP contribution in [-0.2, 0) is 4.79 Å². The number of amides is 1. The molecule has 1 aliphatic rings. The van der Waals surface area contributed by atoms with Gasteiger partial charge in [-0.15, -0.1) is 0 Å². The first-order chi connectivity index (χ1) is 10.1. The number of nitrogens with one attached hydrogen (secondary N) is 1. The molecule has 0 heterocycles. The van der Waals surface area contributed by atoms with E-state index in [0.29, 0.717) is 6.42 Å². The van der Waals surface area contributed by atoms with Crippen LogP contribution in [0.5, 0.6) is 0 Å². The van der Waals surface area contributed by atoms with Gasteiger partial charge in [0.05, 0.1) is 0 Å². The molecule has 0 aromatic rings. The Kier molecular flexibility index (Phi) is 8.16. The number of oxime groups is 1. The molecule has 0 aromatic carbocycles. The van der Waals surface area contributed by atoms with Gasteiger partial charge >= 0.3 is 0 Å². The fraction of sp³-hybridized carbons (Fsp3) is 0.875. The minimum Gasteiger partial charge on any atom is -0.409 e. The second-order valence-corrected chi connectivity index (χ2v) is 6.19. The molecule has 5 heteroatoms. The van der Waals surface area contributed by atoms with E-state index < -0.39 is 5.54 Å². The number of unbranched alkanes of at least 4 members (excludes halogenated alkanes) is 3. The lowest BCUT2D eigenvalue weighted by Crippen LogP contribution is -2.57. The van der Waals surface area contributed by atoms with Gasteiger partial charge in [-0.25, -0.2) is 0 Å². The number of hydrogen-bond donors (Lipinski definition) is 3. The third-order valence-corrected chi connectivity index (χ3v) is 4.44. The number of amidine groups is 1. The van der Waals surface area contributed by atoms with Crippen molar-refractivity contribution in [3.8, 4) is 0 Å². The van der Waals surface area contributed by atoms with Crippen LogP contribution in [0.25, 0.3) is 0 Å². The molecule has 1 amide bonds. The summed E-state index contributed by atoms with van der Waals surface area (Å²) >= 11 is 0. The molecular weight excluding hydrogens is 266 g/mol. The standard InChI is InChI=1S/C16H31N3O2/c1-2-3-4-8-11-14(20)18-16(15(17)19-21)12-9-6-5-7-10-13-16/h21H,2-13H2,1H3,(H2,17,19)(H,18,20). The maximum Gasteiger partial charge on any atom is 0.220 e. The number of rotatable bonds is 7. The Bertz CT molecular complexity index is 334. The number of carbonyl (C=O) groups is 1. The van der Waals surface area contributed by atoms with Gasteiger partial charge in [0, 0.05) is 6.42 Å². The Hall–Kier alpha value is -1.26. The lowest BCUT2D eigenvalue weighted by Gasteiger charge is -2.35. The van der Waals surface area contributed by atoms with E-state index in [4.69, 9.17) is 10.9 Å². The predicted molar refractivity (Wildman–Crippen MR) is 85.4 cm³/mol. The van der Waals surface area contributed by atoms with Crippen LogP contribution in [0, 0.1) is 0 Å². The lowest BCUT2D eigenvalue weighted by molar-refractivity contribution is -0.122. The molecule has 4 N–H and O–H groups in total. The summed E-state index contributed by atoms with van der Waals surface area (Å²) in [5.41, 5.74) is 5.27. The lowest BCUT2D eigenvalue weighted by atomic mass is 9.82.